The predicted molar refractivity (Wildman–Crippen MR) is 40.8 cm³/mol. The second-order valence-corrected chi connectivity index (χ2v) is 2.04. The number of carbonyl (C=O) groups is 1. The SMILES string of the molecule is NNCC(=O)c1ccncc1. The Morgan fingerprint density at radius 2 is 2.18 bits per heavy atom. The van der Waals surface area contributed by atoms with Gasteiger partial charge in [0.25, 0.3) is 0 Å². The number of nitrogens with zero attached hydrogens (tertiary/aromatic N) is 1. The number of carbonyl (C=O) groups excluding carboxylic acids is 1. The van der Waals surface area contributed by atoms with Crippen LogP contribution in [0.5, 0.6) is 0 Å². The fourth-order valence-electron chi connectivity index (χ4n) is 0.733. The maximum Gasteiger partial charge on any atom is 0.178 e. The number of hydrogen-bond donors (Lipinski definition) is 2. The van der Waals surface area contributed by atoms with Gasteiger partial charge in [0.1, 0.15) is 0 Å². The Kier molecular flexibility index (Phi) is 2.71. The Morgan fingerprint density at radius 1 is 1.55 bits per heavy atom. The summed E-state index contributed by atoms with van der Waals surface area (Å²) in [6.45, 7) is 0.157. The number of ketones is 1. The number of hydrazine groups is 1. The van der Waals surface area contributed by atoms with E-state index in [2.05, 4.69) is 10.4 Å². The summed E-state index contributed by atoms with van der Waals surface area (Å²) in [5.74, 6) is 4.95. The van der Waals surface area contributed by atoms with Crippen LogP contribution in [-0.4, -0.2) is 17.3 Å². The van der Waals surface area contributed by atoms with E-state index in [1.54, 1.807) is 24.5 Å². The maximum atomic E-state index is 11.1. The van der Waals surface area contributed by atoms with Gasteiger partial charge in [0.2, 0.25) is 0 Å². The van der Waals surface area contributed by atoms with Crippen molar-refractivity contribution in [1.82, 2.24) is 10.4 Å². The first-order chi connectivity index (χ1) is 5.34. The Hall–Kier alpha value is -1.26. The molecule has 0 fully saturated rings. The van der Waals surface area contributed by atoms with Crippen LogP contribution in [0.15, 0.2) is 24.5 Å². The van der Waals surface area contributed by atoms with Gasteiger partial charge in [0.15, 0.2) is 5.78 Å². The summed E-state index contributed by atoms with van der Waals surface area (Å²) in [6.07, 6.45) is 3.15. The molecule has 0 saturated carbocycles. The minimum atomic E-state index is -0.0325. The molecule has 0 aliphatic heterocycles. The van der Waals surface area contributed by atoms with Crippen LogP contribution in [0.3, 0.4) is 0 Å². The van der Waals surface area contributed by atoms with E-state index in [1.165, 1.54) is 0 Å². The van der Waals surface area contributed by atoms with Crippen LogP contribution in [0, 0.1) is 0 Å². The second-order valence-electron chi connectivity index (χ2n) is 2.04. The maximum absolute atomic E-state index is 11.1. The van der Waals surface area contributed by atoms with Crippen LogP contribution in [0.1, 0.15) is 10.4 Å². The summed E-state index contributed by atoms with van der Waals surface area (Å²) in [5.41, 5.74) is 2.92. The molecule has 11 heavy (non-hydrogen) atoms. The van der Waals surface area contributed by atoms with E-state index in [4.69, 9.17) is 5.84 Å². The Morgan fingerprint density at radius 3 is 2.73 bits per heavy atom. The van der Waals surface area contributed by atoms with E-state index in [-0.39, 0.29) is 12.3 Å². The van der Waals surface area contributed by atoms with Crippen LogP contribution >= 0.6 is 0 Å². The minimum Gasteiger partial charge on any atom is -0.293 e. The Bertz CT molecular complexity index is 235. The summed E-state index contributed by atoms with van der Waals surface area (Å²) in [5, 5.41) is 0. The topological polar surface area (TPSA) is 68.0 Å². The van der Waals surface area contributed by atoms with Crippen LogP contribution in [-0.2, 0) is 0 Å². The van der Waals surface area contributed by atoms with Crippen molar-refractivity contribution in [3.05, 3.63) is 30.1 Å². The van der Waals surface area contributed by atoms with Crippen LogP contribution < -0.4 is 11.3 Å². The fraction of sp³-hybridized carbons (Fsp3) is 0.143. The van der Waals surface area contributed by atoms with Gasteiger partial charge >= 0.3 is 0 Å². The van der Waals surface area contributed by atoms with Gasteiger partial charge in [-0.05, 0) is 12.1 Å². The number of pyridine rings is 1. The van der Waals surface area contributed by atoms with Crippen molar-refractivity contribution in [3.63, 3.8) is 0 Å². The smallest absolute Gasteiger partial charge is 0.178 e. The highest BCUT2D eigenvalue weighted by Gasteiger charge is 2.01. The van der Waals surface area contributed by atoms with E-state index < -0.39 is 0 Å². The van der Waals surface area contributed by atoms with Gasteiger partial charge in [0.05, 0.1) is 6.54 Å². The number of Topliss-reactive ketones (excluding diaryl/α,β-unsaturated/α-hetero) is 1. The number of hydrogen-bond acceptors (Lipinski definition) is 4. The van der Waals surface area contributed by atoms with Crippen molar-refractivity contribution in [2.45, 2.75) is 0 Å². The molecule has 0 atom stereocenters. The second kappa shape index (κ2) is 3.80. The minimum absolute atomic E-state index is 0.0325. The molecule has 0 aliphatic rings. The van der Waals surface area contributed by atoms with E-state index in [1.807, 2.05) is 0 Å². The summed E-state index contributed by atoms with van der Waals surface area (Å²) in [4.78, 5) is 14.9. The molecule has 1 rings (SSSR count). The summed E-state index contributed by atoms with van der Waals surface area (Å²) in [6, 6.07) is 3.30. The fourth-order valence-corrected chi connectivity index (χ4v) is 0.733. The zero-order chi connectivity index (χ0) is 8.10. The highest BCUT2D eigenvalue weighted by molar-refractivity contribution is 5.97. The summed E-state index contributed by atoms with van der Waals surface area (Å²) < 4.78 is 0. The lowest BCUT2D eigenvalue weighted by Gasteiger charge is -1.97. The van der Waals surface area contributed by atoms with Crippen LogP contribution in [0.4, 0.5) is 0 Å². The Balaban J connectivity index is 2.69. The number of rotatable bonds is 3. The number of nitrogens with two attached hydrogens (primary N) is 1. The molecule has 3 N–H and O–H groups in total. The third-order valence-corrected chi connectivity index (χ3v) is 1.26. The van der Waals surface area contributed by atoms with Crippen molar-refractivity contribution in [2.24, 2.45) is 5.84 Å². The highest BCUT2D eigenvalue weighted by atomic mass is 16.1. The molecule has 1 aromatic heterocycles. The molecule has 0 radical (unpaired) electrons. The van der Waals surface area contributed by atoms with Gasteiger partial charge < -0.3 is 0 Å². The highest BCUT2D eigenvalue weighted by Crippen LogP contribution is 1.95. The quantitative estimate of drug-likeness (QED) is 0.354. The van der Waals surface area contributed by atoms with Crippen molar-refractivity contribution in [3.8, 4) is 0 Å². The third-order valence-electron chi connectivity index (χ3n) is 1.26. The largest absolute Gasteiger partial charge is 0.293 e. The van der Waals surface area contributed by atoms with Crippen molar-refractivity contribution < 1.29 is 4.79 Å². The zero-order valence-electron chi connectivity index (χ0n) is 5.95. The van der Waals surface area contributed by atoms with Crippen molar-refractivity contribution in [1.29, 1.82) is 0 Å². The average molecular weight is 151 g/mol. The third kappa shape index (κ3) is 2.10. The summed E-state index contributed by atoms with van der Waals surface area (Å²) >= 11 is 0. The molecule has 0 unspecified atom stereocenters. The first-order valence-corrected chi connectivity index (χ1v) is 3.21. The van der Waals surface area contributed by atoms with E-state index in [0.717, 1.165) is 0 Å². The van der Waals surface area contributed by atoms with Gasteiger partial charge in [0, 0.05) is 18.0 Å². The molecule has 4 heteroatoms. The van der Waals surface area contributed by atoms with Gasteiger partial charge in [-0.3, -0.25) is 21.0 Å². The molecule has 0 bridgehead atoms. The molecule has 4 nitrogen and oxygen atoms in total. The molecule has 0 saturated heterocycles. The molecule has 0 aromatic carbocycles. The molecule has 0 spiro atoms. The monoisotopic (exact) mass is 151 g/mol. The van der Waals surface area contributed by atoms with Gasteiger partial charge in [-0.2, -0.15) is 0 Å². The van der Waals surface area contributed by atoms with Crippen LogP contribution in [0.25, 0.3) is 0 Å². The normalized spacial score (nSPS) is 9.55. The first-order valence-electron chi connectivity index (χ1n) is 3.21. The molecule has 1 heterocycles. The molecule has 58 valence electrons. The molecule has 1 aromatic rings. The molecular formula is C7H9N3O. The lowest BCUT2D eigenvalue weighted by Crippen LogP contribution is -2.28. The number of nitrogens with one attached hydrogen (secondary N) is 1. The standard InChI is InChI=1S/C7H9N3O/c8-10-5-7(11)6-1-3-9-4-2-6/h1-4,10H,5,8H2. The lowest BCUT2D eigenvalue weighted by molar-refractivity contribution is 0.0991. The van der Waals surface area contributed by atoms with E-state index in [9.17, 15) is 4.79 Å². The zero-order valence-corrected chi connectivity index (χ0v) is 5.95. The van der Waals surface area contributed by atoms with Gasteiger partial charge in [-0.15, -0.1) is 0 Å². The van der Waals surface area contributed by atoms with E-state index >= 15 is 0 Å². The predicted octanol–water partition coefficient (Wildman–Crippen LogP) is -0.272. The van der Waals surface area contributed by atoms with Gasteiger partial charge in [-0.25, -0.2) is 0 Å². The summed E-state index contributed by atoms with van der Waals surface area (Å²) in [7, 11) is 0. The Labute approximate surface area is 64.4 Å². The molecular weight excluding hydrogens is 142 g/mol. The molecule has 0 aliphatic carbocycles. The average Bonchev–Trinajstić information content (AvgIpc) is 2.07. The van der Waals surface area contributed by atoms with Crippen molar-refractivity contribution in [2.75, 3.05) is 6.54 Å². The van der Waals surface area contributed by atoms with Gasteiger partial charge in [-0.1, -0.05) is 0 Å². The number of aromatic nitrogens is 1. The first kappa shape index (κ1) is 7.84. The molecule has 0 amide bonds. The van der Waals surface area contributed by atoms with Crippen LogP contribution in [0.2, 0.25) is 0 Å². The van der Waals surface area contributed by atoms with E-state index in [0.29, 0.717) is 5.56 Å². The van der Waals surface area contributed by atoms with Crippen molar-refractivity contribution >= 4 is 5.78 Å². The lowest BCUT2D eigenvalue weighted by atomic mass is 10.2.